The Morgan fingerprint density at radius 2 is 2.33 bits per heavy atom. The Hall–Kier alpha value is -1.17. The van der Waals surface area contributed by atoms with E-state index in [1.54, 1.807) is 39.6 Å². The van der Waals surface area contributed by atoms with Gasteiger partial charge in [-0.05, 0) is 12.1 Å². The highest BCUT2D eigenvalue weighted by Crippen LogP contribution is 2.11. The smallest absolute Gasteiger partial charge is 0.257 e. The molecule has 0 aromatic carbocycles. The van der Waals surface area contributed by atoms with Crippen LogP contribution in [0.25, 0.3) is 0 Å². The molecule has 0 aliphatic carbocycles. The minimum absolute atomic E-state index is 0.506. The van der Waals surface area contributed by atoms with Crippen LogP contribution in [0.2, 0.25) is 0 Å². The van der Waals surface area contributed by atoms with Gasteiger partial charge in [-0.2, -0.15) is 0 Å². The predicted octanol–water partition coefficient (Wildman–Crippen LogP) is 0.525. The summed E-state index contributed by atoms with van der Waals surface area (Å²) in [7, 11) is 1.01. The third-order valence-corrected chi connectivity index (χ3v) is 4.43. The van der Waals surface area contributed by atoms with Crippen molar-refractivity contribution >= 4 is 23.9 Å². The Bertz CT molecular complexity index is 461. The average Bonchev–Trinajstić information content (AvgIpc) is 2.29. The van der Waals surface area contributed by atoms with Gasteiger partial charge in [-0.25, -0.2) is 4.21 Å². The molecular formula is C9H14BN3OS. The minimum Gasteiger partial charge on any atom is -0.304 e. The molecule has 4 nitrogen and oxygen atoms in total. The van der Waals surface area contributed by atoms with Crippen LogP contribution in [-0.4, -0.2) is 36.2 Å². The fraction of sp³-hybridized carbons (Fsp3) is 0.333. The first-order valence-corrected chi connectivity index (χ1v) is 6.36. The van der Waals surface area contributed by atoms with Gasteiger partial charge in [0.2, 0.25) is 0 Å². The van der Waals surface area contributed by atoms with Crippen molar-refractivity contribution < 1.29 is 4.21 Å². The molecule has 1 atom stereocenters. The molecule has 0 aliphatic rings. The van der Waals surface area contributed by atoms with E-state index in [-0.39, 0.29) is 0 Å². The number of pyridine rings is 1. The molecule has 0 saturated carbocycles. The van der Waals surface area contributed by atoms with Gasteiger partial charge in [-0.1, -0.05) is 6.92 Å². The third kappa shape index (κ3) is 2.65. The Labute approximate surface area is 91.5 Å². The van der Waals surface area contributed by atoms with Crippen LogP contribution in [0.5, 0.6) is 0 Å². The summed E-state index contributed by atoms with van der Waals surface area (Å²) in [6.45, 7) is 1.86. The van der Waals surface area contributed by atoms with Crippen LogP contribution >= 0.6 is 0 Å². The number of aliphatic imine (C=N–C) groups is 1. The molecule has 0 amide bonds. The van der Waals surface area contributed by atoms with Crippen LogP contribution in [0, 0.1) is 0 Å². The van der Waals surface area contributed by atoms with Crippen molar-refractivity contribution in [3.8, 4) is 0 Å². The van der Waals surface area contributed by atoms with Crippen molar-refractivity contribution in [3.63, 3.8) is 0 Å². The molecule has 0 fully saturated rings. The molecule has 1 unspecified atom stereocenters. The number of rotatable bonds is 3. The van der Waals surface area contributed by atoms with Crippen molar-refractivity contribution in [1.82, 2.24) is 4.98 Å². The Morgan fingerprint density at radius 3 is 2.73 bits per heavy atom. The summed E-state index contributed by atoms with van der Waals surface area (Å²) in [6, 6.07) is 3.59. The van der Waals surface area contributed by atoms with Gasteiger partial charge in [0.25, 0.3) is 7.98 Å². The van der Waals surface area contributed by atoms with Crippen molar-refractivity contribution in [2.75, 3.05) is 12.8 Å². The van der Waals surface area contributed by atoms with Crippen molar-refractivity contribution in [3.05, 3.63) is 24.0 Å². The summed E-state index contributed by atoms with van der Waals surface area (Å²) in [5.74, 6) is 0.506. The van der Waals surface area contributed by atoms with Gasteiger partial charge < -0.3 is 4.27 Å². The molecule has 1 rings (SSSR count). The molecule has 1 aromatic rings. The van der Waals surface area contributed by atoms with E-state index >= 15 is 0 Å². The molecular weight excluding hydrogens is 209 g/mol. The highest BCUT2D eigenvalue weighted by atomic mass is 32.2. The van der Waals surface area contributed by atoms with E-state index in [1.807, 2.05) is 6.92 Å². The Balaban J connectivity index is 3.15. The van der Waals surface area contributed by atoms with E-state index < -0.39 is 9.73 Å². The standard InChI is InChI=1S/C9H14BN3OS/c1-3-15(14,13-10)9-5-4-8(6-11-2)12-7-9/h4-7H,3,10H2,1-2H3/b11-6+. The zero-order valence-corrected chi connectivity index (χ0v) is 9.99. The van der Waals surface area contributed by atoms with Crippen molar-refractivity contribution in [2.24, 2.45) is 9.27 Å². The van der Waals surface area contributed by atoms with E-state index in [0.717, 1.165) is 5.69 Å². The molecule has 0 radical (unpaired) electrons. The second-order valence-corrected chi connectivity index (χ2v) is 5.61. The Morgan fingerprint density at radius 1 is 1.60 bits per heavy atom. The van der Waals surface area contributed by atoms with Gasteiger partial charge in [-0.15, -0.1) is 0 Å². The lowest BCUT2D eigenvalue weighted by molar-refractivity contribution is 0.678. The monoisotopic (exact) mass is 223 g/mol. The Kier molecular flexibility index (Phi) is 4.02. The maximum Gasteiger partial charge on any atom is 0.257 e. The first-order valence-electron chi connectivity index (χ1n) is 4.67. The summed E-state index contributed by atoms with van der Waals surface area (Å²) in [5, 5.41) is 0. The van der Waals surface area contributed by atoms with Gasteiger partial charge in [0.15, 0.2) is 0 Å². The van der Waals surface area contributed by atoms with Crippen molar-refractivity contribution in [2.45, 2.75) is 11.8 Å². The molecule has 0 spiro atoms. The number of aromatic nitrogens is 1. The maximum atomic E-state index is 12.2. The number of nitrogens with zero attached hydrogens (tertiary/aromatic N) is 3. The molecule has 0 N–H and O–H groups in total. The van der Waals surface area contributed by atoms with Crippen LogP contribution < -0.4 is 0 Å². The van der Waals surface area contributed by atoms with Crippen LogP contribution in [0.4, 0.5) is 0 Å². The third-order valence-electron chi connectivity index (χ3n) is 2.08. The van der Waals surface area contributed by atoms with Gasteiger partial charge in [0.05, 0.1) is 20.3 Å². The van der Waals surface area contributed by atoms with Gasteiger partial charge in [-0.3, -0.25) is 9.98 Å². The number of hydrogen-bond donors (Lipinski definition) is 0. The zero-order valence-electron chi connectivity index (χ0n) is 9.17. The highest BCUT2D eigenvalue weighted by Gasteiger charge is 2.08. The molecule has 6 heteroatoms. The van der Waals surface area contributed by atoms with Crippen LogP contribution in [0.15, 0.2) is 32.5 Å². The quantitative estimate of drug-likeness (QED) is 0.554. The van der Waals surface area contributed by atoms with Gasteiger partial charge in [0, 0.05) is 25.2 Å². The first-order chi connectivity index (χ1) is 7.16. The SMILES string of the molecule is BN=S(=O)(CC)c1ccc(/C=N/C)nc1. The largest absolute Gasteiger partial charge is 0.304 e. The first kappa shape index (κ1) is 11.9. The van der Waals surface area contributed by atoms with Crippen LogP contribution in [-0.2, 0) is 9.73 Å². The summed E-state index contributed by atoms with van der Waals surface area (Å²) in [4.78, 5) is 8.68. The predicted molar refractivity (Wildman–Crippen MR) is 65.7 cm³/mol. The van der Waals surface area contributed by atoms with Crippen LogP contribution in [0.1, 0.15) is 12.6 Å². The fourth-order valence-corrected chi connectivity index (χ4v) is 2.49. The lowest BCUT2D eigenvalue weighted by atomic mass is 10.4. The average molecular weight is 223 g/mol. The normalized spacial score (nSPS) is 15.1. The lowest BCUT2D eigenvalue weighted by Gasteiger charge is -2.06. The summed E-state index contributed by atoms with van der Waals surface area (Å²) < 4.78 is 16.1. The molecule has 0 aliphatic heterocycles. The van der Waals surface area contributed by atoms with E-state index in [9.17, 15) is 4.21 Å². The summed E-state index contributed by atoms with van der Waals surface area (Å²) in [5.41, 5.74) is 0.759. The van der Waals surface area contributed by atoms with Gasteiger partial charge >= 0.3 is 0 Å². The van der Waals surface area contributed by atoms with Crippen LogP contribution in [0.3, 0.4) is 0 Å². The molecule has 15 heavy (non-hydrogen) atoms. The molecule has 0 saturated heterocycles. The van der Waals surface area contributed by atoms with E-state index in [4.69, 9.17) is 0 Å². The topological polar surface area (TPSA) is 54.7 Å². The fourth-order valence-electron chi connectivity index (χ4n) is 1.19. The van der Waals surface area contributed by atoms with E-state index in [2.05, 4.69) is 14.3 Å². The second kappa shape index (κ2) is 5.07. The zero-order chi connectivity index (χ0) is 11.3. The second-order valence-electron chi connectivity index (χ2n) is 2.92. The lowest BCUT2D eigenvalue weighted by Crippen LogP contribution is -2.04. The summed E-state index contributed by atoms with van der Waals surface area (Å²) >= 11 is 0. The summed E-state index contributed by atoms with van der Waals surface area (Å²) in [6.07, 6.45) is 3.26. The van der Waals surface area contributed by atoms with Crippen molar-refractivity contribution in [1.29, 1.82) is 0 Å². The molecule has 80 valence electrons. The molecule has 0 bridgehead atoms. The highest BCUT2D eigenvalue weighted by molar-refractivity contribution is 7.94. The maximum absolute atomic E-state index is 12.2. The molecule has 1 heterocycles. The minimum atomic E-state index is -2.26. The van der Waals surface area contributed by atoms with E-state index in [1.165, 1.54) is 0 Å². The number of hydrogen-bond acceptors (Lipinski definition) is 4. The molecule has 1 aromatic heterocycles. The van der Waals surface area contributed by atoms with Gasteiger partial charge in [0.1, 0.15) is 0 Å². The van der Waals surface area contributed by atoms with E-state index in [0.29, 0.717) is 10.6 Å².